The summed E-state index contributed by atoms with van der Waals surface area (Å²) in [6.45, 7) is 2.74. The summed E-state index contributed by atoms with van der Waals surface area (Å²) in [5.74, 6) is -1.65. The first-order valence-electron chi connectivity index (χ1n) is 7.94. The Balaban J connectivity index is 1.94. The van der Waals surface area contributed by atoms with Gasteiger partial charge in [0.15, 0.2) is 0 Å². The Morgan fingerprint density at radius 1 is 1.30 bits per heavy atom. The Labute approximate surface area is 135 Å². The molecular weight excluding hydrogens is 296 g/mol. The van der Waals surface area contributed by atoms with Gasteiger partial charge in [0.1, 0.15) is 0 Å². The number of hydrogen-bond acceptors (Lipinski definition) is 3. The number of hydrogen-bond donors (Lipinski definition) is 2. The zero-order chi connectivity index (χ0) is 16.8. The van der Waals surface area contributed by atoms with E-state index in [2.05, 4.69) is 5.32 Å². The SMILES string of the molecule is CCCC(CNC(=O)c1ccc(N2CCCC2=O)cc1)C(=O)O. The number of carbonyl (C=O) groups is 3. The van der Waals surface area contributed by atoms with Crippen molar-refractivity contribution in [3.63, 3.8) is 0 Å². The molecule has 2 rings (SSSR count). The van der Waals surface area contributed by atoms with E-state index in [0.717, 1.165) is 18.5 Å². The number of nitrogens with zero attached hydrogens (tertiary/aromatic N) is 1. The summed E-state index contributed by atoms with van der Waals surface area (Å²) in [6, 6.07) is 6.81. The van der Waals surface area contributed by atoms with Gasteiger partial charge in [0, 0.05) is 30.8 Å². The van der Waals surface area contributed by atoms with Gasteiger partial charge in [-0.1, -0.05) is 13.3 Å². The first kappa shape index (κ1) is 17.0. The Bertz CT molecular complexity index is 583. The molecule has 1 aromatic rings. The molecule has 0 aliphatic carbocycles. The maximum Gasteiger partial charge on any atom is 0.308 e. The van der Waals surface area contributed by atoms with Crippen LogP contribution >= 0.6 is 0 Å². The normalized spacial score (nSPS) is 15.5. The van der Waals surface area contributed by atoms with Crippen LogP contribution in [0.5, 0.6) is 0 Å². The van der Waals surface area contributed by atoms with Crippen LogP contribution in [0.3, 0.4) is 0 Å². The van der Waals surface area contributed by atoms with E-state index in [-0.39, 0.29) is 18.4 Å². The highest BCUT2D eigenvalue weighted by atomic mass is 16.4. The summed E-state index contributed by atoms with van der Waals surface area (Å²) in [5, 5.41) is 11.7. The van der Waals surface area contributed by atoms with Crippen molar-refractivity contribution in [3.8, 4) is 0 Å². The fraction of sp³-hybridized carbons (Fsp3) is 0.471. The molecule has 1 aromatic carbocycles. The Kier molecular flexibility index (Phi) is 5.73. The molecule has 0 aromatic heterocycles. The number of nitrogens with one attached hydrogen (secondary N) is 1. The molecule has 0 radical (unpaired) electrons. The molecule has 1 unspecified atom stereocenters. The zero-order valence-electron chi connectivity index (χ0n) is 13.2. The first-order valence-corrected chi connectivity index (χ1v) is 7.94. The molecule has 0 saturated carbocycles. The van der Waals surface area contributed by atoms with Crippen molar-refractivity contribution < 1.29 is 19.5 Å². The lowest BCUT2D eigenvalue weighted by atomic mass is 10.0. The number of benzene rings is 1. The van der Waals surface area contributed by atoms with Crippen LogP contribution in [-0.2, 0) is 9.59 Å². The van der Waals surface area contributed by atoms with E-state index in [9.17, 15) is 14.4 Å². The van der Waals surface area contributed by atoms with Crippen molar-refractivity contribution in [2.45, 2.75) is 32.6 Å². The predicted molar refractivity (Wildman–Crippen MR) is 86.4 cm³/mol. The van der Waals surface area contributed by atoms with Gasteiger partial charge in [-0.2, -0.15) is 0 Å². The van der Waals surface area contributed by atoms with Crippen LogP contribution in [0, 0.1) is 5.92 Å². The molecule has 1 heterocycles. The van der Waals surface area contributed by atoms with Crippen molar-refractivity contribution in [2.24, 2.45) is 5.92 Å². The van der Waals surface area contributed by atoms with Crippen LogP contribution in [0.4, 0.5) is 5.69 Å². The smallest absolute Gasteiger partial charge is 0.308 e. The van der Waals surface area contributed by atoms with Crippen LogP contribution in [0.15, 0.2) is 24.3 Å². The maximum absolute atomic E-state index is 12.1. The monoisotopic (exact) mass is 318 g/mol. The minimum Gasteiger partial charge on any atom is -0.481 e. The van der Waals surface area contributed by atoms with Gasteiger partial charge in [-0.3, -0.25) is 14.4 Å². The molecule has 1 aliphatic rings. The number of anilines is 1. The second-order valence-corrected chi connectivity index (χ2v) is 5.73. The highest BCUT2D eigenvalue weighted by Crippen LogP contribution is 2.21. The average Bonchev–Trinajstić information content (AvgIpc) is 2.97. The van der Waals surface area contributed by atoms with Gasteiger partial charge in [-0.05, 0) is 37.1 Å². The minimum absolute atomic E-state index is 0.103. The van der Waals surface area contributed by atoms with Gasteiger partial charge < -0.3 is 15.3 Å². The highest BCUT2D eigenvalue weighted by Gasteiger charge is 2.22. The molecule has 1 aliphatic heterocycles. The number of carbonyl (C=O) groups excluding carboxylic acids is 2. The topological polar surface area (TPSA) is 86.7 Å². The second-order valence-electron chi connectivity index (χ2n) is 5.73. The predicted octanol–water partition coefficient (Wildman–Crippen LogP) is 2.04. The molecule has 2 amide bonds. The lowest BCUT2D eigenvalue weighted by Gasteiger charge is -2.16. The summed E-state index contributed by atoms with van der Waals surface area (Å²) in [5.41, 5.74) is 1.25. The number of aliphatic carboxylic acids is 1. The lowest BCUT2D eigenvalue weighted by molar-refractivity contribution is -0.141. The summed E-state index contributed by atoms with van der Waals surface area (Å²) in [7, 11) is 0. The van der Waals surface area contributed by atoms with E-state index in [1.807, 2.05) is 6.92 Å². The Hall–Kier alpha value is -2.37. The Morgan fingerprint density at radius 3 is 2.52 bits per heavy atom. The third kappa shape index (κ3) is 4.31. The molecule has 124 valence electrons. The van der Waals surface area contributed by atoms with E-state index in [0.29, 0.717) is 24.9 Å². The molecule has 1 saturated heterocycles. The van der Waals surface area contributed by atoms with E-state index >= 15 is 0 Å². The first-order chi connectivity index (χ1) is 11.0. The van der Waals surface area contributed by atoms with Crippen molar-refractivity contribution in [1.29, 1.82) is 0 Å². The van der Waals surface area contributed by atoms with E-state index < -0.39 is 11.9 Å². The molecule has 23 heavy (non-hydrogen) atoms. The molecule has 0 bridgehead atoms. The van der Waals surface area contributed by atoms with Crippen molar-refractivity contribution in [3.05, 3.63) is 29.8 Å². The van der Waals surface area contributed by atoms with Crippen LogP contribution in [0.2, 0.25) is 0 Å². The van der Waals surface area contributed by atoms with E-state index in [1.54, 1.807) is 29.2 Å². The molecule has 0 spiro atoms. The van der Waals surface area contributed by atoms with Crippen molar-refractivity contribution in [2.75, 3.05) is 18.0 Å². The van der Waals surface area contributed by atoms with Crippen LogP contribution in [-0.4, -0.2) is 36.0 Å². The minimum atomic E-state index is -0.893. The van der Waals surface area contributed by atoms with Gasteiger partial charge in [0.2, 0.25) is 5.91 Å². The van der Waals surface area contributed by atoms with Crippen LogP contribution < -0.4 is 10.2 Å². The Morgan fingerprint density at radius 2 is 2.00 bits per heavy atom. The van der Waals surface area contributed by atoms with Crippen LogP contribution in [0.1, 0.15) is 43.0 Å². The maximum atomic E-state index is 12.1. The van der Waals surface area contributed by atoms with Gasteiger partial charge in [0.25, 0.3) is 5.91 Å². The summed E-state index contributed by atoms with van der Waals surface area (Å²) in [4.78, 5) is 36.6. The fourth-order valence-corrected chi connectivity index (χ4v) is 2.69. The third-order valence-corrected chi connectivity index (χ3v) is 4.01. The van der Waals surface area contributed by atoms with Crippen LogP contribution in [0.25, 0.3) is 0 Å². The second kappa shape index (κ2) is 7.76. The van der Waals surface area contributed by atoms with E-state index in [4.69, 9.17) is 5.11 Å². The molecule has 2 N–H and O–H groups in total. The zero-order valence-corrected chi connectivity index (χ0v) is 13.2. The van der Waals surface area contributed by atoms with Gasteiger partial charge in [0.05, 0.1) is 5.92 Å². The molecule has 6 heteroatoms. The molecule has 1 atom stereocenters. The molecule has 6 nitrogen and oxygen atoms in total. The largest absolute Gasteiger partial charge is 0.481 e. The average molecular weight is 318 g/mol. The standard InChI is InChI=1S/C17H22N2O4/c1-2-4-13(17(22)23)11-18-16(21)12-6-8-14(9-7-12)19-10-3-5-15(19)20/h6-9,13H,2-5,10-11H2,1H3,(H,18,21)(H,22,23). The number of rotatable bonds is 7. The number of amides is 2. The summed E-state index contributed by atoms with van der Waals surface area (Å²) >= 11 is 0. The molecule has 1 fully saturated rings. The van der Waals surface area contributed by atoms with Gasteiger partial charge in [-0.15, -0.1) is 0 Å². The van der Waals surface area contributed by atoms with E-state index in [1.165, 1.54) is 0 Å². The van der Waals surface area contributed by atoms with Gasteiger partial charge in [-0.25, -0.2) is 0 Å². The quantitative estimate of drug-likeness (QED) is 0.805. The summed E-state index contributed by atoms with van der Waals surface area (Å²) < 4.78 is 0. The van der Waals surface area contributed by atoms with Crippen molar-refractivity contribution >= 4 is 23.5 Å². The van der Waals surface area contributed by atoms with Crippen molar-refractivity contribution in [1.82, 2.24) is 5.32 Å². The summed E-state index contributed by atoms with van der Waals surface area (Å²) in [6.07, 6.45) is 2.71. The van der Waals surface area contributed by atoms with Gasteiger partial charge >= 0.3 is 5.97 Å². The number of carboxylic acid groups (broad SMARTS) is 1. The molecular formula is C17H22N2O4. The fourth-order valence-electron chi connectivity index (χ4n) is 2.69. The lowest BCUT2D eigenvalue weighted by Crippen LogP contribution is -2.33. The third-order valence-electron chi connectivity index (χ3n) is 4.01. The highest BCUT2D eigenvalue weighted by molar-refractivity contribution is 5.97. The number of carboxylic acids is 1.